The Morgan fingerprint density at radius 1 is 1.31 bits per heavy atom. The molecule has 0 heterocycles. The molecule has 71 valence electrons. The van der Waals surface area contributed by atoms with Crippen LogP contribution >= 0.6 is 0 Å². The van der Waals surface area contributed by atoms with Crippen LogP contribution in [0.4, 0.5) is 17.6 Å². The predicted molar refractivity (Wildman–Crippen MR) is 36.8 cm³/mol. The van der Waals surface area contributed by atoms with E-state index in [2.05, 4.69) is 10.8 Å². The van der Waals surface area contributed by atoms with E-state index in [1.165, 1.54) is 0 Å². The number of rotatable bonds is 2. The van der Waals surface area contributed by atoms with Crippen LogP contribution in [-0.2, 0) is 0 Å². The second-order valence-electron chi connectivity index (χ2n) is 2.27. The van der Waals surface area contributed by atoms with Gasteiger partial charge in [-0.05, 0) is 18.2 Å². The lowest BCUT2D eigenvalue weighted by molar-refractivity contribution is -0.153. The molecule has 0 fully saturated rings. The van der Waals surface area contributed by atoms with Crippen LogP contribution < -0.4 is 4.74 Å². The molecule has 0 aromatic heterocycles. The van der Waals surface area contributed by atoms with Crippen molar-refractivity contribution in [1.29, 1.82) is 0 Å². The van der Waals surface area contributed by atoms with E-state index in [0.29, 0.717) is 0 Å². The van der Waals surface area contributed by atoms with Gasteiger partial charge in [0.15, 0.2) is 6.61 Å². The van der Waals surface area contributed by atoms with Gasteiger partial charge in [-0.3, -0.25) is 0 Å². The Bertz CT molecular complexity index is 264. The molecule has 0 saturated carbocycles. The highest BCUT2D eigenvalue weighted by atomic mass is 19.4. The lowest BCUT2D eigenvalue weighted by Crippen LogP contribution is -2.19. The van der Waals surface area contributed by atoms with Gasteiger partial charge in [0.25, 0.3) is 0 Å². The zero-order valence-electron chi connectivity index (χ0n) is 6.36. The third-order valence-corrected chi connectivity index (χ3v) is 1.14. The van der Waals surface area contributed by atoms with Gasteiger partial charge in [-0.25, -0.2) is 4.39 Å². The number of hydrogen-bond donors (Lipinski definition) is 0. The zero-order chi connectivity index (χ0) is 9.90. The van der Waals surface area contributed by atoms with E-state index in [-0.39, 0.29) is 5.75 Å². The van der Waals surface area contributed by atoms with Crippen LogP contribution in [0.3, 0.4) is 0 Å². The summed E-state index contributed by atoms with van der Waals surface area (Å²) in [5.41, 5.74) is 0. The van der Waals surface area contributed by atoms with Crippen molar-refractivity contribution in [1.82, 2.24) is 0 Å². The molecular weight excluding hydrogens is 188 g/mol. The smallest absolute Gasteiger partial charge is 0.422 e. The SMILES string of the molecule is Fc1c[c]c(OCC(F)(F)F)cc1. The minimum absolute atomic E-state index is 0.126. The summed E-state index contributed by atoms with van der Waals surface area (Å²) in [7, 11) is 0. The Hall–Kier alpha value is -1.26. The van der Waals surface area contributed by atoms with Crippen LogP contribution in [0, 0.1) is 11.9 Å². The van der Waals surface area contributed by atoms with Crippen LogP contribution in [-0.4, -0.2) is 12.8 Å². The second-order valence-corrected chi connectivity index (χ2v) is 2.27. The third kappa shape index (κ3) is 3.78. The monoisotopic (exact) mass is 193 g/mol. The van der Waals surface area contributed by atoms with Crippen molar-refractivity contribution in [3.8, 4) is 5.75 Å². The molecule has 1 radical (unpaired) electrons. The molecule has 0 atom stereocenters. The van der Waals surface area contributed by atoms with Crippen molar-refractivity contribution in [3.05, 3.63) is 30.1 Å². The van der Waals surface area contributed by atoms with Gasteiger partial charge >= 0.3 is 6.18 Å². The summed E-state index contributed by atoms with van der Waals surface area (Å²) < 4.78 is 51.4. The largest absolute Gasteiger partial charge is 0.483 e. The molecule has 1 aromatic rings. The fourth-order valence-corrected chi connectivity index (χ4v) is 0.641. The van der Waals surface area contributed by atoms with Crippen LogP contribution in [0.25, 0.3) is 0 Å². The van der Waals surface area contributed by atoms with Crippen molar-refractivity contribution in [2.75, 3.05) is 6.61 Å². The summed E-state index contributed by atoms with van der Waals surface area (Å²) in [6.07, 6.45) is -4.39. The molecule has 0 saturated heterocycles. The van der Waals surface area contributed by atoms with Crippen molar-refractivity contribution < 1.29 is 22.3 Å². The Labute approximate surface area is 71.9 Å². The van der Waals surface area contributed by atoms with Crippen molar-refractivity contribution >= 4 is 0 Å². The van der Waals surface area contributed by atoms with E-state index in [1.807, 2.05) is 0 Å². The highest BCUT2D eigenvalue weighted by molar-refractivity contribution is 5.20. The van der Waals surface area contributed by atoms with Crippen LogP contribution in [0.1, 0.15) is 0 Å². The van der Waals surface area contributed by atoms with Crippen LogP contribution in [0.15, 0.2) is 18.2 Å². The fraction of sp³-hybridized carbons (Fsp3) is 0.250. The highest BCUT2D eigenvalue weighted by Crippen LogP contribution is 2.17. The topological polar surface area (TPSA) is 9.23 Å². The first-order valence-electron chi connectivity index (χ1n) is 3.34. The standard InChI is InChI=1S/C8H5F4O/c9-6-1-3-7(4-2-6)13-5-8(10,11)12/h1-3H,5H2. The number of benzene rings is 1. The average Bonchev–Trinajstić information content (AvgIpc) is 2.02. The maximum atomic E-state index is 12.3. The molecule has 0 aliphatic carbocycles. The molecule has 5 heteroatoms. The number of ether oxygens (including phenoxy) is 1. The van der Waals surface area contributed by atoms with E-state index < -0.39 is 18.6 Å². The molecule has 0 bridgehead atoms. The molecule has 0 amide bonds. The normalized spacial score (nSPS) is 11.4. The molecule has 0 N–H and O–H groups in total. The second kappa shape index (κ2) is 3.64. The Balaban J connectivity index is 2.51. The van der Waals surface area contributed by atoms with Gasteiger partial charge in [0.2, 0.25) is 0 Å². The average molecular weight is 193 g/mol. The first-order valence-corrected chi connectivity index (χ1v) is 3.34. The Morgan fingerprint density at radius 2 is 2.00 bits per heavy atom. The maximum Gasteiger partial charge on any atom is 0.422 e. The summed E-state index contributed by atoms with van der Waals surface area (Å²) in [6.45, 7) is -1.39. The molecular formula is C8H5F4O. The summed E-state index contributed by atoms with van der Waals surface area (Å²) >= 11 is 0. The number of alkyl halides is 3. The summed E-state index contributed by atoms with van der Waals surface area (Å²) in [5, 5.41) is 0. The van der Waals surface area contributed by atoms with E-state index in [9.17, 15) is 17.6 Å². The van der Waals surface area contributed by atoms with Crippen LogP contribution in [0.5, 0.6) is 5.75 Å². The molecule has 1 rings (SSSR count). The van der Waals surface area contributed by atoms with Crippen molar-refractivity contribution in [2.45, 2.75) is 6.18 Å². The molecule has 13 heavy (non-hydrogen) atoms. The van der Waals surface area contributed by atoms with Crippen molar-refractivity contribution in [2.24, 2.45) is 0 Å². The Kier molecular flexibility index (Phi) is 2.75. The van der Waals surface area contributed by atoms with E-state index >= 15 is 0 Å². The van der Waals surface area contributed by atoms with Crippen molar-refractivity contribution in [3.63, 3.8) is 0 Å². The fourth-order valence-electron chi connectivity index (χ4n) is 0.641. The minimum Gasteiger partial charge on any atom is -0.483 e. The highest BCUT2D eigenvalue weighted by Gasteiger charge is 2.28. The van der Waals surface area contributed by atoms with Gasteiger partial charge < -0.3 is 4.74 Å². The summed E-state index contributed by atoms with van der Waals surface area (Å²) in [5.74, 6) is -0.696. The van der Waals surface area contributed by atoms with E-state index in [4.69, 9.17) is 0 Å². The van der Waals surface area contributed by atoms with Gasteiger partial charge in [-0.1, -0.05) is 0 Å². The molecule has 0 unspecified atom stereocenters. The minimum atomic E-state index is -4.39. The van der Waals surface area contributed by atoms with Gasteiger partial charge in [0.1, 0.15) is 11.6 Å². The zero-order valence-corrected chi connectivity index (χ0v) is 6.36. The molecule has 0 aliphatic heterocycles. The van der Waals surface area contributed by atoms with Crippen LogP contribution in [0.2, 0.25) is 0 Å². The van der Waals surface area contributed by atoms with E-state index in [0.717, 1.165) is 18.2 Å². The number of halogens is 4. The van der Waals surface area contributed by atoms with Gasteiger partial charge in [0.05, 0.1) is 0 Å². The quantitative estimate of drug-likeness (QED) is 0.656. The molecule has 0 aliphatic rings. The lowest BCUT2D eigenvalue weighted by atomic mass is 10.3. The predicted octanol–water partition coefficient (Wildman–Crippen LogP) is 2.57. The maximum absolute atomic E-state index is 12.3. The first-order chi connectivity index (χ1) is 5.97. The van der Waals surface area contributed by atoms with E-state index in [1.54, 1.807) is 0 Å². The molecule has 1 nitrogen and oxygen atoms in total. The summed E-state index contributed by atoms with van der Waals surface area (Å²) in [6, 6.07) is 5.21. The van der Waals surface area contributed by atoms with Gasteiger partial charge in [-0.2, -0.15) is 13.2 Å². The summed E-state index contributed by atoms with van der Waals surface area (Å²) in [4.78, 5) is 0. The number of hydrogen-bond acceptors (Lipinski definition) is 1. The third-order valence-electron chi connectivity index (χ3n) is 1.14. The Morgan fingerprint density at radius 3 is 2.46 bits per heavy atom. The van der Waals surface area contributed by atoms with Gasteiger partial charge in [-0.15, -0.1) is 0 Å². The molecule has 1 aromatic carbocycles. The van der Waals surface area contributed by atoms with Gasteiger partial charge in [0, 0.05) is 6.07 Å². The lowest BCUT2D eigenvalue weighted by Gasteiger charge is -2.07. The first kappa shape index (κ1) is 9.83. The molecule has 0 spiro atoms.